The number of alkyl halides is 2. The van der Waals surface area contributed by atoms with Crippen LogP contribution in [0.3, 0.4) is 0 Å². The first-order valence-electron chi connectivity index (χ1n) is 6.47. The number of rotatable bonds is 2. The quantitative estimate of drug-likeness (QED) is 0.624. The van der Waals surface area contributed by atoms with E-state index in [2.05, 4.69) is 0 Å². The van der Waals surface area contributed by atoms with Gasteiger partial charge in [-0.15, -0.1) is 0 Å². The molecule has 108 valence electrons. The molecule has 0 heterocycles. The Labute approximate surface area is 122 Å². The van der Waals surface area contributed by atoms with Crippen LogP contribution in [-0.2, 0) is 5.92 Å². The summed E-state index contributed by atoms with van der Waals surface area (Å²) in [6, 6.07) is 6.09. The maximum Gasteiger partial charge on any atom is 0.295 e. The van der Waals surface area contributed by atoms with Crippen LogP contribution in [-0.4, -0.2) is 5.11 Å². The van der Waals surface area contributed by atoms with Crippen LogP contribution in [0.15, 0.2) is 47.3 Å². The molecule has 1 N–H and O–H groups in total. The lowest BCUT2D eigenvalue weighted by Crippen LogP contribution is -2.11. The number of halogens is 2. The second-order valence-corrected chi connectivity index (χ2v) is 5.20. The molecule has 2 nitrogen and oxygen atoms in total. The van der Waals surface area contributed by atoms with Crippen LogP contribution in [0, 0.1) is 11.3 Å². The van der Waals surface area contributed by atoms with Gasteiger partial charge in [0.25, 0.3) is 5.92 Å². The van der Waals surface area contributed by atoms with Crippen LogP contribution >= 0.6 is 0 Å². The number of nitrogens with zero attached hydrogens (tertiary/aromatic N) is 1. The van der Waals surface area contributed by atoms with Gasteiger partial charge in [0, 0.05) is 11.1 Å². The summed E-state index contributed by atoms with van der Waals surface area (Å²) in [5.74, 6) is -3.01. The largest absolute Gasteiger partial charge is 0.508 e. The second-order valence-electron chi connectivity index (χ2n) is 5.20. The molecule has 4 heteroatoms. The van der Waals surface area contributed by atoms with Gasteiger partial charge in [0.1, 0.15) is 5.76 Å². The van der Waals surface area contributed by atoms with Crippen LogP contribution < -0.4 is 0 Å². The zero-order valence-corrected chi connectivity index (χ0v) is 12.0. The van der Waals surface area contributed by atoms with Crippen LogP contribution in [0.2, 0.25) is 0 Å². The molecule has 0 saturated heterocycles. The van der Waals surface area contributed by atoms with Gasteiger partial charge in [-0.3, -0.25) is 0 Å². The molecule has 0 saturated carbocycles. The highest BCUT2D eigenvalue weighted by atomic mass is 19.3. The average molecular weight is 287 g/mol. The Balaban J connectivity index is 2.60. The average Bonchev–Trinajstić information content (AvgIpc) is 2.64. The number of fused-ring (bicyclic) bond motifs is 1. The molecule has 2 rings (SSSR count). The van der Waals surface area contributed by atoms with Gasteiger partial charge in [-0.25, -0.2) is 0 Å². The molecule has 0 bridgehead atoms. The van der Waals surface area contributed by atoms with E-state index in [9.17, 15) is 13.9 Å². The lowest BCUT2D eigenvalue weighted by molar-refractivity contribution is 0.0422. The topological polar surface area (TPSA) is 44.0 Å². The maximum absolute atomic E-state index is 14.3. The molecule has 1 aliphatic carbocycles. The van der Waals surface area contributed by atoms with E-state index >= 15 is 0 Å². The molecule has 0 fully saturated rings. The summed E-state index contributed by atoms with van der Waals surface area (Å²) >= 11 is 0. The van der Waals surface area contributed by atoms with E-state index in [-0.39, 0.29) is 16.9 Å². The van der Waals surface area contributed by atoms with Crippen molar-refractivity contribution < 1.29 is 13.9 Å². The Hall–Kier alpha value is -2.41. The summed E-state index contributed by atoms with van der Waals surface area (Å²) in [4.78, 5) is 0. The summed E-state index contributed by atoms with van der Waals surface area (Å²) < 4.78 is 28.5. The maximum atomic E-state index is 14.3. The lowest BCUT2D eigenvalue weighted by Gasteiger charge is -2.12. The van der Waals surface area contributed by atoms with E-state index in [0.717, 1.165) is 0 Å². The molecule has 0 aliphatic heterocycles. The Morgan fingerprint density at radius 3 is 2.57 bits per heavy atom. The van der Waals surface area contributed by atoms with Gasteiger partial charge in [-0.2, -0.15) is 14.0 Å². The third kappa shape index (κ3) is 2.47. The first-order chi connectivity index (χ1) is 9.78. The highest BCUT2D eigenvalue weighted by Crippen LogP contribution is 2.49. The molecule has 1 aromatic carbocycles. The number of benzene rings is 1. The van der Waals surface area contributed by atoms with Crippen molar-refractivity contribution in [2.75, 3.05) is 0 Å². The number of aliphatic hydroxyl groups excluding tert-OH is 1. The molecule has 0 atom stereocenters. The van der Waals surface area contributed by atoms with Gasteiger partial charge in [-0.05, 0) is 55.7 Å². The fourth-order valence-corrected chi connectivity index (χ4v) is 2.23. The van der Waals surface area contributed by atoms with E-state index in [1.807, 2.05) is 6.07 Å². The zero-order chi connectivity index (χ0) is 15.8. The van der Waals surface area contributed by atoms with Gasteiger partial charge in [0.15, 0.2) is 0 Å². The molecule has 21 heavy (non-hydrogen) atoms. The Kier molecular flexibility index (Phi) is 3.69. The molecule has 1 aromatic rings. The van der Waals surface area contributed by atoms with Crippen molar-refractivity contribution in [3.05, 3.63) is 63.9 Å². The van der Waals surface area contributed by atoms with E-state index in [0.29, 0.717) is 22.3 Å². The molecule has 0 aromatic heterocycles. The number of aliphatic hydroxyl groups is 1. The van der Waals surface area contributed by atoms with Crippen molar-refractivity contribution in [1.82, 2.24) is 0 Å². The Morgan fingerprint density at radius 1 is 1.33 bits per heavy atom. The lowest BCUT2D eigenvalue weighted by atomic mass is 10.0. The third-order valence-corrected chi connectivity index (χ3v) is 3.57. The van der Waals surface area contributed by atoms with E-state index in [1.165, 1.54) is 37.3 Å². The van der Waals surface area contributed by atoms with Crippen LogP contribution in [0.25, 0.3) is 5.57 Å². The molecular weight excluding hydrogens is 272 g/mol. The first-order valence-corrected chi connectivity index (χ1v) is 6.47. The summed E-state index contributed by atoms with van der Waals surface area (Å²) in [5.41, 5.74) is 1.53. The van der Waals surface area contributed by atoms with Gasteiger partial charge in [0.05, 0.1) is 11.6 Å². The van der Waals surface area contributed by atoms with Crippen molar-refractivity contribution >= 4 is 5.57 Å². The highest BCUT2D eigenvalue weighted by Gasteiger charge is 2.43. The predicted octanol–water partition coefficient (Wildman–Crippen LogP) is 4.85. The summed E-state index contributed by atoms with van der Waals surface area (Å²) in [6.45, 7) is 4.82. The second kappa shape index (κ2) is 5.17. The van der Waals surface area contributed by atoms with Crippen LogP contribution in [0.4, 0.5) is 8.78 Å². The third-order valence-electron chi connectivity index (χ3n) is 3.57. The molecule has 0 unspecified atom stereocenters. The molecule has 0 spiro atoms. The summed E-state index contributed by atoms with van der Waals surface area (Å²) in [7, 11) is 0. The fraction of sp³-hybridized carbons (Fsp3) is 0.235. The SMILES string of the molecule is CC(C)=C(O)/C=C\C1=C(C)C(F)(F)c2ccc(C#N)cc21. The summed E-state index contributed by atoms with van der Waals surface area (Å²) in [6.07, 6.45) is 2.87. The van der Waals surface area contributed by atoms with E-state index < -0.39 is 5.92 Å². The minimum absolute atomic E-state index is 0.0449. The Bertz CT molecular complexity index is 730. The zero-order valence-electron chi connectivity index (χ0n) is 12.0. The summed E-state index contributed by atoms with van der Waals surface area (Å²) in [5, 5.41) is 18.6. The van der Waals surface area contributed by atoms with Crippen molar-refractivity contribution in [1.29, 1.82) is 5.26 Å². The standard InChI is InChI=1S/C17H15F2NO/c1-10(2)16(21)7-5-13-11(3)17(18,19)15-6-4-12(9-20)8-14(13)15/h4-8,21H,1-3H3/b7-5-. The van der Waals surface area contributed by atoms with Crippen LogP contribution in [0.5, 0.6) is 0 Å². The van der Waals surface area contributed by atoms with E-state index in [1.54, 1.807) is 13.8 Å². The van der Waals surface area contributed by atoms with Gasteiger partial charge >= 0.3 is 0 Å². The van der Waals surface area contributed by atoms with Crippen molar-refractivity contribution in [3.8, 4) is 6.07 Å². The molecular formula is C17H15F2NO. The smallest absolute Gasteiger partial charge is 0.295 e. The normalized spacial score (nSPS) is 16.0. The first kappa shape index (κ1) is 15.0. The fourth-order valence-electron chi connectivity index (χ4n) is 2.23. The van der Waals surface area contributed by atoms with Crippen molar-refractivity contribution in [2.24, 2.45) is 0 Å². The molecule has 1 aliphatic rings. The van der Waals surface area contributed by atoms with Gasteiger partial charge < -0.3 is 5.11 Å². The number of hydrogen-bond donors (Lipinski definition) is 1. The molecule has 0 amide bonds. The van der Waals surface area contributed by atoms with Gasteiger partial charge in [-0.1, -0.05) is 12.1 Å². The minimum Gasteiger partial charge on any atom is -0.508 e. The van der Waals surface area contributed by atoms with E-state index in [4.69, 9.17) is 5.26 Å². The number of hydrogen-bond acceptors (Lipinski definition) is 2. The minimum atomic E-state index is -3.05. The van der Waals surface area contributed by atoms with Crippen molar-refractivity contribution in [3.63, 3.8) is 0 Å². The van der Waals surface area contributed by atoms with Crippen LogP contribution in [0.1, 0.15) is 37.5 Å². The van der Waals surface area contributed by atoms with Crippen molar-refractivity contribution in [2.45, 2.75) is 26.7 Å². The van der Waals surface area contributed by atoms with Gasteiger partial charge in [0.2, 0.25) is 0 Å². The molecule has 0 radical (unpaired) electrons. The highest BCUT2D eigenvalue weighted by molar-refractivity contribution is 5.85. The number of allylic oxidation sites excluding steroid dienone is 5. The monoisotopic (exact) mass is 287 g/mol. The number of nitriles is 1. The Morgan fingerprint density at radius 2 is 2.00 bits per heavy atom. The predicted molar refractivity (Wildman–Crippen MR) is 77.8 cm³/mol.